The van der Waals surface area contributed by atoms with Gasteiger partial charge in [0, 0.05) is 20.5 Å². The van der Waals surface area contributed by atoms with Gasteiger partial charge in [0.25, 0.3) is 6.01 Å². The van der Waals surface area contributed by atoms with E-state index in [1.54, 1.807) is 0 Å². The molecule has 0 bridgehead atoms. The van der Waals surface area contributed by atoms with Crippen molar-refractivity contribution >= 4 is 6.01 Å². The molecule has 0 spiro atoms. The first-order valence-electron chi connectivity index (χ1n) is 4.43. The Morgan fingerprint density at radius 1 is 1.25 bits per heavy atom. The van der Waals surface area contributed by atoms with Gasteiger partial charge >= 0.3 is 0 Å². The summed E-state index contributed by atoms with van der Waals surface area (Å²) in [7, 11) is 3.91. The molecular formula is C9H14N2O. The second-order valence-electron chi connectivity index (χ2n) is 3.47. The van der Waals surface area contributed by atoms with Gasteiger partial charge in [-0.15, -0.1) is 0 Å². The fourth-order valence-electron chi connectivity index (χ4n) is 1.53. The third-order valence-electron chi connectivity index (χ3n) is 2.22. The third-order valence-corrected chi connectivity index (χ3v) is 2.22. The molecule has 0 radical (unpaired) electrons. The summed E-state index contributed by atoms with van der Waals surface area (Å²) in [6, 6.07) is 0.752. The summed E-state index contributed by atoms with van der Waals surface area (Å²) in [5.74, 6) is 1.10. The van der Waals surface area contributed by atoms with Crippen molar-refractivity contribution in [1.29, 1.82) is 0 Å². The molecule has 3 nitrogen and oxygen atoms in total. The number of fused-ring (bicyclic) bond motifs is 1. The van der Waals surface area contributed by atoms with E-state index in [0.717, 1.165) is 24.6 Å². The Labute approximate surface area is 72.4 Å². The molecule has 1 aromatic heterocycles. The number of nitrogens with zero attached hydrogens (tertiary/aromatic N) is 2. The van der Waals surface area contributed by atoms with E-state index in [9.17, 15) is 0 Å². The van der Waals surface area contributed by atoms with E-state index in [0.29, 0.717) is 0 Å². The van der Waals surface area contributed by atoms with Crippen LogP contribution >= 0.6 is 0 Å². The second kappa shape index (κ2) is 2.81. The maximum Gasteiger partial charge on any atom is 0.297 e. The number of aromatic nitrogens is 1. The van der Waals surface area contributed by atoms with E-state index in [4.69, 9.17) is 4.42 Å². The molecule has 1 aliphatic carbocycles. The predicted molar refractivity (Wildman–Crippen MR) is 47.5 cm³/mol. The lowest BCUT2D eigenvalue weighted by molar-refractivity contribution is 0.478. The smallest absolute Gasteiger partial charge is 0.297 e. The first kappa shape index (κ1) is 7.65. The van der Waals surface area contributed by atoms with E-state index < -0.39 is 0 Å². The quantitative estimate of drug-likeness (QED) is 0.635. The fourth-order valence-corrected chi connectivity index (χ4v) is 1.53. The maximum atomic E-state index is 5.58. The van der Waals surface area contributed by atoms with Crippen LogP contribution in [0.4, 0.5) is 6.01 Å². The number of hydrogen-bond donors (Lipinski definition) is 0. The van der Waals surface area contributed by atoms with E-state index >= 15 is 0 Å². The van der Waals surface area contributed by atoms with Gasteiger partial charge in [-0.3, -0.25) is 0 Å². The number of aryl methyl sites for hydroxylation is 2. The van der Waals surface area contributed by atoms with Crippen molar-refractivity contribution in [2.24, 2.45) is 0 Å². The normalized spacial score (nSPS) is 15.8. The van der Waals surface area contributed by atoms with Crippen LogP contribution in [0.1, 0.15) is 24.3 Å². The Morgan fingerprint density at radius 2 is 2.00 bits per heavy atom. The van der Waals surface area contributed by atoms with Gasteiger partial charge in [-0.05, 0) is 19.3 Å². The molecule has 0 saturated heterocycles. The molecule has 2 rings (SSSR count). The Balaban J connectivity index is 2.32. The van der Waals surface area contributed by atoms with Crippen LogP contribution in [-0.2, 0) is 12.8 Å². The minimum atomic E-state index is 0.752. The summed E-state index contributed by atoms with van der Waals surface area (Å²) < 4.78 is 5.58. The van der Waals surface area contributed by atoms with Crippen LogP contribution in [0.5, 0.6) is 0 Å². The summed E-state index contributed by atoms with van der Waals surface area (Å²) in [6.07, 6.45) is 4.66. The van der Waals surface area contributed by atoms with Crippen LogP contribution in [0.25, 0.3) is 0 Å². The summed E-state index contributed by atoms with van der Waals surface area (Å²) in [5.41, 5.74) is 1.17. The highest BCUT2D eigenvalue weighted by Gasteiger charge is 2.17. The molecule has 3 heteroatoms. The molecule has 0 unspecified atom stereocenters. The molecule has 0 fully saturated rings. The standard InChI is InChI=1S/C9H14N2O/c1-11(2)9-10-7-5-3-4-6-8(7)12-9/h3-6H2,1-2H3. The van der Waals surface area contributed by atoms with E-state index in [2.05, 4.69) is 4.98 Å². The topological polar surface area (TPSA) is 29.3 Å². The molecule has 0 aromatic carbocycles. The van der Waals surface area contributed by atoms with E-state index in [1.165, 1.54) is 18.5 Å². The zero-order valence-corrected chi connectivity index (χ0v) is 7.63. The van der Waals surface area contributed by atoms with Crippen LogP contribution in [0, 0.1) is 0 Å². The molecule has 0 N–H and O–H groups in total. The second-order valence-corrected chi connectivity index (χ2v) is 3.47. The molecule has 12 heavy (non-hydrogen) atoms. The Hall–Kier alpha value is -0.990. The lowest BCUT2D eigenvalue weighted by atomic mass is 10.0. The van der Waals surface area contributed by atoms with Crippen molar-refractivity contribution in [3.63, 3.8) is 0 Å². The molecule has 0 aliphatic heterocycles. The van der Waals surface area contributed by atoms with Crippen LogP contribution in [0.2, 0.25) is 0 Å². The van der Waals surface area contributed by atoms with Crippen molar-refractivity contribution < 1.29 is 4.42 Å². The summed E-state index contributed by atoms with van der Waals surface area (Å²) in [5, 5.41) is 0. The van der Waals surface area contributed by atoms with Gasteiger partial charge in [0.05, 0.1) is 5.69 Å². The largest absolute Gasteiger partial charge is 0.428 e. The number of anilines is 1. The molecule has 0 atom stereocenters. The van der Waals surface area contributed by atoms with E-state index in [1.807, 2.05) is 19.0 Å². The first-order chi connectivity index (χ1) is 5.77. The average molecular weight is 166 g/mol. The lowest BCUT2D eigenvalue weighted by Crippen LogP contribution is -2.08. The van der Waals surface area contributed by atoms with Gasteiger partial charge in [-0.25, -0.2) is 0 Å². The molecule has 0 saturated carbocycles. The zero-order valence-electron chi connectivity index (χ0n) is 7.63. The summed E-state index contributed by atoms with van der Waals surface area (Å²) in [4.78, 5) is 6.32. The highest BCUT2D eigenvalue weighted by Crippen LogP contribution is 2.24. The van der Waals surface area contributed by atoms with Crippen molar-refractivity contribution in [3.05, 3.63) is 11.5 Å². The van der Waals surface area contributed by atoms with Gasteiger partial charge in [-0.1, -0.05) is 0 Å². The van der Waals surface area contributed by atoms with E-state index in [-0.39, 0.29) is 0 Å². The maximum absolute atomic E-state index is 5.58. The summed E-state index contributed by atoms with van der Waals surface area (Å²) >= 11 is 0. The van der Waals surface area contributed by atoms with Crippen molar-refractivity contribution in [2.45, 2.75) is 25.7 Å². The van der Waals surface area contributed by atoms with Gasteiger partial charge in [0.1, 0.15) is 5.76 Å². The highest BCUT2D eigenvalue weighted by atomic mass is 16.4. The molecule has 1 heterocycles. The molecule has 0 amide bonds. The molecule has 1 aliphatic rings. The van der Waals surface area contributed by atoms with Gasteiger partial charge in [0.15, 0.2) is 0 Å². The zero-order chi connectivity index (χ0) is 8.55. The van der Waals surface area contributed by atoms with Gasteiger partial charge in [0.2, 0.25) is 0 Å². The first-order valence-corrected chi connectivity index (χ1v) is 4.43. The number of rotatable bonds is 1. The molecule has 1 aromatic rings. The third kappa shape index (κ3) is 1.19. The van der Waals surface area contributed by atoms with Crippen molar-refractivity contribution in [2.75, 3.05) is 19.0 Å². The average Bonchev–Trinajstić information content (AvgIpc) is 2.46. The number of oxazole rings is 1. The Morgan fingerprint density at radius 3 is 2.67 bits per heavy atom. The lowest BCUT2D eigenvalue weighted by Gasteiger charge is -2.05. The summed E-state index contributed by atoms with van der Waals surface area (Å²) in [6.45, 7) is 0. The fraction of sp³-hybridized carbons (Fsp3) is 0.667. The molecular weight excluding hydrogens is 152 g/mol. The Bertz CT molecular complexity index is 255. The minimum Gasteiger partial charge on any atom is -0.428 e. The van der Waals surface area contributed by atoms with Crippen molar-refractivity contribution in [3.8, 4) is 0 Å². The minimum absolute atomic E-state index is 0.752. The molecule has 66 valence electrons. The SMILES string of the molecule is CN(C)c1nc2c(o1)CCCC2. The monoisotopic (exact) mass is 166 g/mol. The predicted octanol–water partition coefficient (Wildman–Crippen LogP) is 1.62. The van der Waals surface area contributed by atoms with Crippen LogP contribution in [-0.4, -0.2) is 19.1 Å². The van der Waals surface area contributed by atoms with Gasteiger partial charge < -0.3 is 9.32 Å². The van der Waals surface area contributed by atoms with Crippen LogP contribution in [0.15, 0.2) is 4.42 Å². The van der Waals surface area contributed by atoms with Crippen LogP contribution in [0.3, 0.4) is 0 Å². The Kier molecular flexibility index (Phi) is 1.79. The number of hydrogen-bond acceptors (Lipinski definition) is 3. The highest BCUT2D eigenvalue weighted by molar-refractivity contribution is 5.28. The van der Waals surface area contributed by atoms with Gasteiger partial charge in [-0.2, -0.15) is 4.98 Å². The van der Waals surface area contributed by atoms with Crippen molar-refractivity contribution in [1.82, 2.24) is 4.98 Å². The van der Waals surface area contributed by atoms with Crippen LogP contribution < -0.4 is 4.90 Å².